The van der Waals surface area contributed by atoms with Crippen molar-refractivity contribution in [1.29, 1.82) is 0 Å². The zero-order chi connectivity index (χ0) is 24.2. The molecule has 1 aliphatic heterocycles. The van der Waals surface area contributed by atoms with Gasteiger partial charge in [0.25, 0.3) is 5.91 Å². The second kappa shape index (κ2) is 10.6. The lowest BCUT2D eigenvalue weighted by Crippen LogP contribution is -2.32. The summed E-state index contributed by atoms with van der Waals surface area (Å²) >= 11 is 6.35. The number of aromatic nitrogens is 3. The SMILES string of the molecule is CNC(=O)c1cccnc1Nc1nc(Nc2ccc3c(c2)CC[C@@H](N2CCCC2)CC3)ncc1Cl. The Kier molecular flexibility index (Phi) is 7.11. The van der Waals surface area contributed by atoms with Crippen LogP contribution in [0.3, 0.4) is 0 Å². The predicted octanol–water partition coefficient (Wildman–Crippen LogP) is 4.72. The molecule has 2 aliphatic rings. The summed E-state index contributed by atoms with van der Waals surface area (Å²) in [7, 11) is 1.58. The number of rotatable bonds is 6. The zero-order valence-electron chi connectivity index (χ0n) is 19.9. The number of carbonyl (C=O) groups excluding carboxylic acids is 1. The smallest absolute Gasteiger partial charge is 0.254 e. The van der Waals surface area contributed by atoms with Gasteiger partial charge in [0.15, 0.2) is 5.82 Å². The molecule has 5 rings (SSSR count). The van der Waals surface area contributed by atoms with E-state index in [0.717, 1.165) is 18.5 Å². The molecule has 1 fully saturated rings. The number of likely N-dealkylation sites (tertiary alicyclic amines) is 1. The Hall–Kier alpha value is -3.23. The van der Waals surface area contributed by atoms with E-state index in [1.807, 2.05) is 0 Å². The van der Waals surface area contributed by atoms with E-state index >= 15 is 0 Å². The predicted molar refractivity (Wildman–Crippen MR) is 139 cm³/mol. The van der Waals surface area contributed by atoms with Crippen LogP contribution < -0.4 is 16.0 Å². The molecule has 35 heavy (non-hydrogen) atoms. The third-order valence-electron chi connectivity index (χ3n) is 6.87. The maximum Gasteiger partial charge on any atom is 0.254 e. The van der Waals surface area contributed by atoms with Gasteiger partial charge < -0.3 is 20.9 Å². The van der Waals surface area contributed by atoms with Crippen LogP contribution in [-0.4, -0.2) is 51.9 Å². The molecule has 0 radical (unpaired) electrons. The molecule has 8 nitrogen and oxygen atoms in total. The number of hydrogen-bond acceptors (Lipinski definition) is 7. The number of halogens is 1. The number of amides is 1. The summed E-state index contributed by atoms with van der Waals surface area (Å²) in [6.45, 7) is 2.50. The highest BCUT2D eigenvalue weighted by molar-refractivity contribution is 6.33. The van der Waals surface area contributed by atoms with Gasteiger partial charge in [-0.05, 0) is 87.0 Å². The first-order valence-corrected chi connectivity index (χ1v) is 12.6. The second-order valence-corrected chi connectivity index (χ2v) is 9.48. The van der Waals surface area contributed by atoms with E-state index in [4.69, 9.17) is 11.6 Å². The molecular formula is C26H30ClN7O. The van der Waals surface area contributed by atoms with E-state index in [-0.39, 0.29) is 5.91 Å². The van der Waals surface area contributed by atoms with Gasteiger partial charge in [-0.3, -0.25) is 4.79 Å². The third kappa shape index (κ3) is 5.39. The number of carbonyl (C=O) groups is 1. The van der Waals surface area contributed by atoms with E-state index in [1.54, 1.807) is 25.4 Å². The summed E-state index contributed by atoms with van der Waals surface area (Å²) in [5.41, 5.74) is 4.18. The first-order chi connectivity index (χ1) is 17.1. The minimum atomic E-state index is -0.249. The number of anilines is 4. The Balaban J connectivity index is 1.31. The number of benzene rings is 1. The fourth-order valence-electron chi connectivity index (χ4n) is 5.02. The monoisotopic (exact) mass is 491 g/mol. The van der Waals surface area contributed by atoms with Crippen molar-refractivity contribution in [3.05, 3.63) is 64.4 Å². The van der Waals surface area contributed by atoms with Gasteiger partial charge >= 0.3 is 0 Å². The largest absolute Gasteiger partial charge is 0.355 e. The highest BCUT2D eigenvalue weighted by Gasteiger charge is 2.24. The van der Waals surface area contributed by atoms with Crippen molar-refractivity contribution in [3.63, 3.8) is 0 Å². The van der Waals surface area contributed by atoms with Gasteiger partial charge in [0, 0.05) is 25.0 Å². The summed E-state index contributed by atoms with van der Waals surface area (Å²) in [4.78, 5) is 28.0. The van der Waals surface area contributed by atoms with Crippen molar-refractivity contribution in [3.8, 4) is 0 Å². The van der Waals surface area contributed by atoms with E-state index in [0.29, 0.717) is 34.2 Å². The highest BCUT2D eigenvalue weighted by Crippen LogP contribution is 2.30. The Morgan fingerprint density at radius 3 is 2.63 bits per heavy atom. The van der Waals surface area contributed by atoms with Crippen LogP contribution in [0.2, 0.25) is 5.02 Å². The van der Waals surface area contributed by atoms with Crippen LogP contribution in [-0.2, 0) is 12.8 Å². The van der Waals surface area contributed by atoms with Crippen LogP contribution in [0.4, 0.5) is 23.3 Å². The van der Waals surface area contributed by atoms with E-state index in [1.165, 1.54) is 56.1 Å². The molecule has 0 spiro atoms. The molecule has 0 unspecified atom stereocenters. The fourth-order valence-corrected chi connectivity index (χ4v) is 5.16. The summed E-state index contributed by atoms with van der Waals surface area (Å²) < 4.78 is 0. The van der Waals surface area contributed by atoms with Crippen LogP contribution >= 0.6 is 11.6 Å². The average Bonchev–Trinajstić information content (AvgIpc) is 3.33. The van der Waals surface area contributed by atoms with Crippen molar-refractivity contribution in [2.24, 2.45) is 0 Å². The molecule has 3 aromatic rings. The maximum absolute atomic E-state index is 12.2. The molecule has 0 saturated carbocycles. The van der Waals surface area contributed by atoms with Gasteiger partial charge in [-0.1, -0.05) is 17.7 Å². The minimum Gasteiger partial charge on any atom is -0.355 e. The molecule has 3 heterocycles. The number of aryl methyl sites for hydroxylation is 2. The topological polar surface area (TPSA) is 95.1 Å². The van der Waals surface area contributed by atoms with Gasteiger partial charge in [-0.2, -0.15) is 4.98 Å². The second-order valence-electron chi connectivity index (χ2n) is 9.08. The highest BCUT2D eigenvalue weighted by atomic mass is 35.5. The molecule has 1 aromatic carbocycles. The zero-order valence-corrected chi connectivity index (χ0v) is 20.6. The van der Waals surface area contributed by atoms with E-state index < -0.39 is 0 Å². The van der Waals surface area contributed by atoms with Gasteiger partial charge in [-0.25, -0.2) is 9.97 Å². The van der Waals surface area contributed by atoms with Gasteiger partial charge in [0.1, 0.15) is 10.8 Å². The average molecular weight is 492 g/mol. The van der Waals surface area contributed by atoms with Crippen LogP contribution in [0, 0.1) is 0 Å². The molecule has 3 N–H and O–H groups in total. The number of nitrogens with zero attached hydrogens (tertiary/aromatic N) is 4. The summed E-state index contributed by atoms with van der Waals surface area (Å²) in [6.07, 6.45) is 10.5. The summed E-state index contributed by atoms with van der Waals surface area (Å²) in [5.74, 6) is 0.908. The number of fused-ring (bicyclic) bond motifs is 1. The summed E-state index contributed by atoms with van der Waals surface area (Å²) in [6, 6.07) is 10.6. The number of nitrogens with one attached hydrogen (secondary N) is 3. The van der Waals surface area contributed by atoms with Crippen molar-refractivity contribution in [2.75, 3.05) is 30.8 Å². The first kappa shape index (κ1) is 23.5. The fraction of sp³-hybridized carbons (Fsp3) is 0.385. The van der Waals surface area contributed by atoms with Gasteiger partial charge in [-0.15, -0.1) is 0 Å². The number of hydrogen-bond donors (Lipinski definition) is 3. The molecule has 182 valence electrons. The minimum absolute atomic E-state index is 0.249. The van der Waals surface area contributed by atoms with Crippen LogP contribution in [0.15, 0.2) is 42.7 Å². The molecule has 0 bridgehead atoms. The Morgan fingerprint density at radius 2 is 1.83 bits per heavy atom. The normalized spacial score (nSPS) is 17.9. The lowest BCUT2D eigenvalue weighted by atomic mass is 10.0. The first-order valence-electron chi connectivity index (χ1n) is 12.2. The molecule has 1 amide bonds. The van der Waals surface area contributed by atoms with Crippen LogP contribution in [0.1, 0.15) is 47.2 Å². The van der Waals surface area contributed by atoms with Crippen molar-refractivity contribution < 1.29 is 4.79 Å². The molecular weight excluding hydrogens is 462 g/mol. The van der Waals surface area contributed by atoms with Crippen molar-refractivity contribution in [1.82, 2.24) is 25.2 Å². The Labute approximate surface area is 210 Å². The summed E-state index contributed by atoms with van der Waals surface area (Å²) in [5, 5.41) is 9.33. The molecule has 1 atom stereocenters. The van der Waals surface area contributed by atoms with Gasteiger partial charge in [0.05, 0.1) is 11.8 Å². The Bertz CT molecular complexity index is 1210. The van der Waals surface area contributed by atoms with Gasteiger partial charge in [0.2, 0.25) is 5.95 Å². The Morgan fingerprint density at radius 1 is 1.03 bits per heavy atom. The number of pyridine rings is 1. The molecule has 1 saturated heterocycles. The maximum atomic E-state index is 12.2. The van der Waals surface area contributed by atoms with E-state index in [2.05, 4.69) is 54.0 Å². The van der Waals surface area contributed by atoms with Crippen LogP contribution in [0.5, 0.6) is 0 Å². The lowest BCUT2D eigenvalue weighted by molar-refractivity contribution is 0.0963. The lowest BCUT2D eigenvalue weighted by Gasteiger charge is -2.25. The van der Waals surface area contributed by atoms with Crippen molar-refractivity contribution in [2.45, 2.75) is 44.6 Å². The molecule has 1 aliphatic carbocycles. The third-order valence-corrected chi connectivity index (χ3v) is 7.15. The van der Waals surface area contributed by atoms with Crippen LogP contribution in [0.25, 0.3) is 0 Å². The molecule has 2 aromatic heterocycles. The molecule has 9 heteroatoms. The quantitative estimate of drug-likeness (QED) is 0.429. The standard InChI is InChI=1S/C26H30ClN7O/c1-28-25(35)21-5-4-12-29-23(21)32-24-22(27)16-30-26(33-24)31-19-9-6-17-7-10-20(11-8-18(17)15-19)34-13-2-3-14-34/h4-6,9,12,15-16,20H,2-3,7-8,10-11,13-14H2,1H3,(H,28,35)(H2,29,30,31,32,33)/t20-/m0/s1. The van der Waals surface area contributed by atoms with Crippen molar-refractivity contribution >= 4 is 40.8 Å². The van der Waals surface area contributed by atoms with E-state index in [9.17, 15) is 4.79 Å².